The molecular formula is C15H32B2P+. The molecule has 0 aliphatic heterocycles. The molecule has 1 atom stereocenters. The van der Waals surface area contributed by atoms with Crippen molar-refractivity contribution in [3.63, 3.8) is 0 Å². The molecule has 0 N–H and O–H groups in total. The predicted molar refractivity (Wildman–Crippen MR) is 90.6 cm³/mol. The summed E-state index contributed by atoms with van der Waals surface area (Å²) in [5, 5.41) is 0.00431. The lowest BCUT2D eigenvalue weighted by molar-refractivity contribution is 0.304. The lowest BCUT2D eigenvalue weighted by atomic mass is 9.57. The van der Waals surface area contributed by atoms with Crippen LogP contribution in [0.25, 0.3) is 0 Å². The molecule has 0 nitrogen and oxygen atoms in total. The molecular weight excluding hydrogens is 233 g/mol. The molecule has 0 aliphatic rings. The quantitative estimate of drug-likeness (QED) is 0.482. The van der Waals surface area contributed by atoms with E-state index in [1.165, 1.54) is 0 Å². The Morgan fingerprint density at radius 1 is 0.722 bits per heavy atom. The summed E-state index contributed by atoms with van der Waals surface area (Å²) < 4.78 is 0. The Hall–Kier alpha value is 0.560. The van der Waals surface area contributed by atoms with Crippen molar-refractivity contribution in [2.45, 2.75) is 84.9 Å². The molecule has 0 spiro atoms. The number of hydrogen-bond acceptors (Lipinski definition) is 0. The second kappa shape index (κ2) is 4.83. The maximum Gasteiger partial charge on any atom is 0.366 e. The second-order valence-corrected chi connectivity index (χ2v) is 13.8. The van der Waals surface area contributed by atoms with Gasteiger partial charge >= 0.3 is 7.57 Å². The fourth-order valence-electron chi connectivity index (χ4n) is 2.24. The highest BCUT2D eigenvalue weighted by molar-refractivity contribution is 7.99. The molecule has 0 heterocycles. The third-order valence-corrected chi connectivity index (χ3v) is 10.6. The Morgan fingerprint density at radius 2 is 1.00 bits per heavy atom. The molecule has 0 saturated heterocycles. The first kappa shape index (κ1) is 18.6. The summed E-state index contributed by atoms with van der Waals surface area (Å²) in [7, 11) is 11.9. The maximum absolute atomic E-state index is 6.97. The smallest absolute Gasteiger partial charge is 0.0638 e. The average molecular weight is 265 g/mol. The molecule has 0 bridgehead atoms. The number of hydrogen-bond donors (Lipinski definition) is 0. The molecule has 102 valence electrons. The van der Waals surface area contributed by atoms with Gasteiger partial charge in [0.1, 0.15) is 0 Å². The number of rotatable bonds is 2. The van der Waals surface area contributed by atoms with Crippen LogP contribution in [0.15, 0.2) is 0 Å². The van der Waals surface area contributed by atoms with Crippen LogP contribution in [0.3, 0.4) is 0 Å². The molecule has 0 fully saturated rings. The molecule has 0 saturated carbocycles. The van der Waals surface area contributed by atoms with Crippen LogP contribution in [0.2, 0.25) is 5.31 Å². The fourth-order valence-corrected chi connectivity index (χ4v) is 6.71. The molecule has 0 amide bonds. The van der Waals surface area contributed by atoms with Gasteiger partial charge in [-0.1, -0.05) is 27.7 Å². The second-order valence-electron chi connectivity index (χ2n) is 9.04. The van der Waals surface area contributed by atoms with Gasteiger partial charge in [-0.2, -0.15) is 0 Å². The van der Waals surface area contributed by atoms with Crippen LogP contribution >= 0.6 is 7.14 Å². The van der Waals surface area contributed by atoms with Gasteiger partial charge < -0.3 is 0 Å². The first-order valence-corrected chi connectivity index (χ1v) is 8.96. The van der Waals surface area contributed by atoms with Crippen LogP contribution in [-0.4, -0.2) is 31.9 Å². The summed E-state index contributed by atoms with van der Waals surface area (Å²) in [6, 6.07) is 0. The van der Waals surface area contributed by atoms with Crippen molar-refractivity contribution in [3.05, 3.63) is 0 Å². The average Bonchev–Trinajstić information content (AvgIpc) is 1.95. The van der Waals surface area contributed by atoms with Crippen LogP contribution in [0.4, 0.5) is 0 Å². The Labute approximate surface area is 119 Å². The minimum absolute atomic E-state index is 0.0636. The summed E-state index contributed by atoms with van der Waals surface area (Å²) in [6.07, 6.45) is 0.927. The van der Waals surface area contributed by atoms with Gasteiger partial charge in [0.05, 0.1) is 18.2 Å². The van der Waals surface area contributed by atoms with Crippen LogP contribution in [-0.2, 0) is 0 Å². The maximum atomic E-state index is 6.97. The minimum atomic E-state index is -1.68. The Kier molecular flexibility index (Phi) is 4.99. The lowest BCUT2D eigenvalue weighted by Crippen LogP contribution is -2.42. The zero-order chi connectivity index (χ0) is 15.2. The van der Waals surface area contributed by atoms with Crippen molar-refractivity contribution in [2.24, 2.45) is 5.41 Å². The molecule has 4 radical (unpaired) electrons. The summed E-state index contributed by atoms with van der Waals surface area (Å²) in [4.78, 5) is 0. The first-order valence-electron chi connectivity index (χ1n) is 6.91. The van der Waals surface area contributed by atoms with Crippen LogP contribution < -0.4 is 0 Å². The van der Waals surface area contributed by atoms with E-state index in [-0.39, 0.29) is 21.0 Å². The van der Waals surface area contributed by atoms with Crippen molar-refractivity contribution in [2.75, 3.05) is 6.16 Å². The van der Waals surface area contributed by atoms with Gasteiger partial charge in [-0.15, -0.1) is 0 Å². The zero-order valence-corrected chi connectivity index (χ0v) is 15.2. The van der Waals surface area contributed by atoms with E-state index >= 15 is 0 Å². The minimum Gasteiger partial charge on any atom is -0.0638 e. The monoisotopic (exact) mass is 265 g/mol. The molecule has 0 aromatic rings. The van der Waals surface area contributed by atoms with Crippen molar-refractivity contribution < 1.29 is 0 Å². The molecule has 0 aromatic carbocycles. The van der Waals surface area contributed by atoms with Crippen molar-refractivity contribution in [3.8, 4) is 0 Å². The molecule has 0 rings (SSSR count). The fraction of sp³-hybridized carbons (Fsp3) is 1.00. The van der Waals surface area contributed by atoms with E-state index < -0.39 is 7.14 Å². The third kappa shape index (κ3) is 3.56. The van der Waals surface area contributed by atoms with Crippen LogP contribution in [0.5, 0.6) is 0 Å². The van der Waals surface area contributed by atoms with E-state index in [1.807, 2.05) is 0 Å². The predicted octanol–water partition coefficient (Wildman–Crippen LogP) is 5.08. The van der Waals surface area contributed by atoms with Crippen molar-refractivity contribution in [1.82, 2.24) is 0 Å². The molecule has 0 aromatic heterocycles. The Bertz CT molecular complexity index is 273. The van der Waals surface area contributed by atoms with E-state index in [9.17, 15) is 0 Å². The van der Waals surface area contributed by atoms with E-state index in [2.05, 4.69) is 69.2 Å². The van der Waals surface area contributed by atoms with Gasteiger partial charge in [-0.3, -0.25) is 0 Å². The SMILES string of the molecule is [B]C(C)(C[P+]([B])(C(C)(C)C)C(C)(C)C)C(C)(C)C. The van der Waals surface area contributed by atoms with Gasteiger partial charge in [-0.05, 0) is 59.4 Å². The van der Waals surface area contributed by atoms with Crippen LogP contribution in [0, 0.1) is 5.41 Å². The highest BCUT2D eigenvalue weighted by atomic mass is 31.2. The van der Waals surface area contributed by atoms with Crippen LogP contribution in [0.1, 0.15) is 69.2 Å². The molecule has 1 unspecified atom stereocenters. The van der Waals surface area contributed by atoms with Gasteiger partial charge in [0, 0.05) is 6.16 Å². The van der Waals surface area contributed by atoms with E-state index in [4.69, 9.17) is 15.4 Å². The standard InChI is InChI=1S/C15H32B2P/c1-12(2,3)15(10,16)11-18(17,13(4,5)6)14(7,8)9/h11H2,1-10H3/q+1. The molecule has 18 heavy (non-hydrogen) atoms. The topological polar surface area (TPSA) is 0 Å². The Balaban J connectivity index is 5.58. The van der Waals surface area contributed by atoms with Gasteiger partial charge in [0.2, 0.25) is 0 Å². The van der Waals surface area contributed by atoms with Gasteiger partial charge in [0.25, 0.3) is 0 Å². The highest BCUT2D eigenvalue weighted by Gasteiger charge is 2.56. The summed E-state index contributed by atoms with van der Waals surface area (Å²) >= 11 is 0. The summed E-state index contributed by atoms with van der Waals surface area (Å²) in [6.45, 7) is 22.4. The summed E-state index contributed by atoms with van der Waals surface area (Å²) in [5.74, 6) is 0. The largest absolute Gasteiger partial charge is 0.366 e. The third-order valence-electron chi connectivity index (χ3n) is 4.69. The Morgan fingerprint density at radius 3 is 1.17 bits per heavy atom. The van der Waals surface area contributed by atoms with E-state index in [0.717, 1.165) is 6.16 Å². The normalized spacial score (nSPS) is 18.6. The van der Waals surface area contributed by atoms with Crippen molar-refractivity contribution in [1.29, 1.82) is 0 Å². The highest BCUT2D eigenvalue weighted by Crippen LogP contribution is 2.76. The van der Waals surface area contributed by atoms with Gasteiger partial charge in [0.15, 0.2) is 0 Å². The summed E-state index contributed by atoms with van der Waals surface area (Å²) in [5.41, 5.74) is 0.0636. The molecule has 3 heteroatoms. The molecule has 0 aliphatic carbocycles. The van der Waals surface area contributed by atoms with E-state index in [1.54, 1.807) is 0 Å². The lowest BCUT2D eigenvalue weighted by Gasteiger charge is -2.52. The van der Waals surface area contributed by atoms with E-state index in [0.29, 0.717) is 0 Å². The van der Waals surface area contributed by atoms with Gasteiger partial charge in [-0.25, -0.2) is 0 Å². The zero-order valence-electron chi connectivity index (χ0n) is 14.3. The van der Waals surface area contributed by atoms with Crippen molar-refractivity contribution >= 4 is 22.6 Å². The first-order chi connectivity index (χ1) is 7.46.